The second kappa shape index (κ2) is 5.12. The normalized spacial score (nSPS) is 41.2. The molecular weight excluding hydrogens is 244 g/mol. The van der Waals surface area contributed by atoms with Crippen molar-refractivity contribution >= 4 is 11.9 Å². The Balaban J connectivity index is 1.53. The third-order valence-corrected chi connectivity index (χ3v) is 5.01. The maximum Gasteiger partial charge on any atom is 0.306 e. The van der Waals surface area contributed by atoms with Crippen LogP contribution >= 0.6 is 0 Å². The summed E-state index contributed by atoms with van der Waals surface area (Å²) in [5.74, 6) is -0.766. The highest BCUT2D eigenvalue weighted by Crippen LogP contribution is 2.34. The third-order valence-electron chi connectivity index (χ3n) is 5.01. The van der Waals surface area contributed by atoms with Crippen molar-refractivity contribution in [2.75, 3.05) is 0 Å². The number of fused-ring (bicyclic) bond motifs is 2. The highest BCUT2D eigenvalue weighted by molar-refractivity contribution is 5.80. The molecule has 5 unspecified atom stereocenters. The minimum Gasteiger partial charge on any atom is -0.481 e. The molecule has 2 bridgehead atoms. The fourth-order valence-corrected chi connectivity index (χ4v) is 3.97. The van der Waals surface area contributed by atoms with Crippen molar-refractivity contribution in [3.63, 3.8) is 0 Å². The zero-order valence-corrected chi connectivity index (χ0v) is 11.1. The lowest BCUT2D eigenvalue weighted by atomic mass is 9.84. The van der Waals surface area contributed by atoms with E-state index in [1.165, 1.54) is 6.42 Å². The molecule has 3 aliphatic rings. The molecule has 0 aromatic carbocycles. The van der Waals surface area contributed by atoms with E-state index in [9.17, 15) is 9.59 Å². The van der Waals surface area contributed by atoms with Gasteiger partial charge in [-0.3, -0.25) is 9.59 Å². The molecule has 1 amide bonds. The van der Waals surface area contributed by atoms with Crippen LogP contribution in [0.1, 0.15) is 44.9 Å². The fourth-order valence-electron chi connectivity index (χ4n) is 3.97. The summed E-state index contributed by atoms with van der Waals surface area (Å²) in [7, 11) is 0. The average Bonchev–Trinajstić information content (AvgIpc) is 3.01. The minimum atomic E-state index is -0.722. The fraction of sp³-hybridized carbons (Fsp3) is 0.857. The molecule has 5 nitrogen and oxygen atoms in total. The van der Waals surface area contributed by atoms with Crippen molar-refractivity contribution in [2.24, 2.45) is 11.8 Å². The van der Waals surface area contributed by atoms with Gasteiger partial charge in [0.2, 0.25) is 5.91 Å². The minimum absolute atomic E-state index is 0.0569. The van der Waals surface area contributed by atoms with Gasteiger partial charge in [-0.15, -0.1) is 0 Å². The number of carboxylic acid groups (broad SMARTS) is 1. The van der Waals surface area contributed by atoms with Crippen molar-refractivity contribution in [1.82, 2.24) is 10.6 Å². The van der Waals surface area contributed by atoms with Crippen molar-refractivity contribution < 1.29 is 14.7 Å². The molecule has 5 heteroatoms. The molecule has 3 N–H and O–H groups in total. The second-order valence-electron chi connectivity index (χ2n) is 6.30. The van der Waals surface area contributed by atoms with Crippen molar-refractivity contribution in [2.45, 2.75) is 63.1 Å². The summed E-state index contributed by atoms with van der Waals surface area (Å²) < 4.78 is 0. The van der Waals surface area contributed by atoms with E-state index in [1.54, 1.807) is 0 Å². The standard InChI is InChI=1S/C14H22N2O3/c17-13(11-7-10-4-5-12(11)15-10)16-9-3-1-2-8(6-9)14(18)19/h8-12,15H,1-7H2,(H,16,17)(H,18,19). The first-order chi connectivity index (χ1) is 9.13. The van der Waals surface area contributed by atoms with Gasteiger partial charge in [-0.25, -0.2) is 0 Å². The molecule has 1 saturated carbocycles. The summed E-state index contributed by atoms with van der Waals surface area (Å²) >= 11 is 0. The number of hydrogen-bond donors (Lipinski definition) is 3. The van der Waals surface area contributed by atoms with Crippen LogP contribution in [0.25, 0.3) is 0 Å². The van der Waals surface area contributed by atoms with Gasteiger partial charge in [0.1, 0.15) is 0 Å². The predicted molar refractivity (Wildman–Crippen MR) is 69.6 cm³/mol. The molecule has 0 spiro atoms. The highest BCUT2D eigenvalue weighted by Gasteiger charge is 2.43. The summed E-state index contributed by atoms with van der Waals surface area (Å²) in [5.41, 5.74) is 0. The lowest BCUT2D eigenvalue weighted by Crippen LogP contribution is -2.45. The number of rotatable bonds is 3. The van der Waals surface area contributed by atoms with E-state index in [0.29, 0.717) is 18.5 Å². The Hall–Kier alpha value is -1.10. The molecule has 2 saturated heterocycles. The molecule has 2 aliphatic heterocycles. The van der Waals surface area contributed by atoms with Crippen LogP contribution in [0.15, 0.2) is 0 Å². The predicted octanol–water partition coefficient (Wildman–Crippen LogP) is 0.887. The first-order valence-electron chi connectivity index (χ1n) is 7.42. The first-order valence-corrected chi connectivity index (χ1v) is 7.42. The van der Waals surface area contributed by atoms with Crippen LogP contribution in [0.3, 0.4) is 0 Å². The zero-order valence-electron chi connectivity index (χ0n) is 11.1. The number of aliphatic carboxylic acids is 1. The van der Waals surface area contributed by atoms with Crippen molar-refractivity contribution in [3.8, 4) is 0 Å². The SMILES string of the molecule is O=C(O)C1CCCC(NC(=O)C2CC3CCC2N3)C1. The Morgan fingerprint density at radius 3 is 2.58 bits per heavy atom. The van der Waals surface area contributed by atoms with Crippen LogP contribution < -0.4 is 10.6 Å². The summed E-state index contributed by atoms with van der Waals surface area (Å²) in [4.78, 5) is 23.3. The summed E-state index contributed by atoms with van der Waals surface area (Å²) in [6.07, 6.45) is 6.41. The monoisotopic (exact) mass is 266 g/mol. The first kappa shape index (κ1) is 12.9. The van der Waals surface area contributed by atoms with Gasteiger partial charge in [-0.05, 0) is 38.5 Å². The van der Waals surface area contributed by atoms with Crippen LogP contribution in [-0.4, -0.2) is 35.1 Å². The Morgan fingerprint density at radius 1 is 1.11 bits per heavy atom. The van der Waals surface area contributed by atoms with Gasteiger partial charge in [0, 0.05) is 18.1 Å². The molecule has 0 aromatic heterocycles. The van der Waals surface area contributed by atoms with Crippen molar-refractivity contribution in [1.29, 1.82) is 0 Å². The Morgan fingerprint density at radius 2 is 1.95 bits per heavy atom. The lowest BCUT2D eigenvalue weighted by molar-refractivity contribution is -0.143. The van der Waals surface area contributed by atoms with E-state index in [4.69, 9.17) is 5.11 Å². The largest absolute Gasteiger partial charge is 0.481 e. The summed E-state index contributed by atoms with van der Waals surface area (Å²) in [6.45, 7) is 0. The van der Waals surface area contributed by atoms with Gasteiger partial charge < -0.3 is 15.7 Å². The Bertz CT molecular complexity index is 385. The number of amides is 1. The molecule has 0 radical (unpaired) electrons. The van der Waals surface area contributed by atoms with Gasteiger partial charge in [0.15, 0.2) is 0 Å². The molecule has 5 atom stereocenters. The van der Waals surface area contributed by atoms with Crippen LogP contribution in [0.5, 0.6) is 0 Å². The molecule has 106 valence electrons. The number of hydrogen-bond acceptors (Lipinski definition) is 3. The van der Waals surface area contributed by atoms with Gasteiger partial charge >= 0.3 is 5.97 Å². The number of carbonyl (C=O) groups is 2. The van der Waals surface area contributed by atoms with Gasteiger partial charge in [-0.2, -0.15) is 0 Å². The van der Waals surface area contributed by atoms with Gasteiger partial charge in [-0.1, -0.05) is 6.42 Å². The van der Waals surface area contributed by atoms with E-state index >= 15 is 0 Å². The quantitative estimate of drug-likeness (QED) is 0.709. The maximum atomic E-state index is 12.3. The van der Waals surface area contributed by atoms with E-state index in [-0.39, 0.29) is 23.8 Å². The topological polar surface area (TPSA) is 78.4 Å². The van der Waals surface area contributed by atoms with Crippen LogP contribution in [0, 0.1) is 11.8 Å². The molecule has 1 aliphatic carbocycles. The molecule has 0 aromatic rings. The molecular formula is C14H22N2O3. The molecule has 3 fully saturated rings. The van der Waals surface area contributed by atoms with Gasteiger partial charge in [0.25, 0.3) is 0 Å². The number of nitrogens with one attached hydrogen (secondary N) is 2. The lowest BCUT2D eigenvalue weighted by Gasteiger charge is -2.29. The zero-order chi connectivity index (χ0) is 13.4. The van der Waals surface area contributed by atoms with Crippen LogP contribution in [-0.2, 0) is 9.59 Å². The van der Waals surface area contributed by atoms with Crippen molar-refractivity contribution in [3.05, 3.63) is 0 Å². The third kappa shape index (κ3) is 2.61. The average molecular weight is 266 g/mol. The Kier molecular flexibility index (Phi) is 3.48. The summed E-state index contributed by atoms with van der Waals surface area (Å²) in [5, 5.41) is 15.6. The highest BCUT2D eigenvalue weighted by atomic mass is 16.4. The van der Waals surface area contributed by atoms with Crippen LogP contribution in [0.2, 0.25) is 0 Å². The van der Waals surface area contributed by atoms with E-state index < -0.39 is 5.97 Å². The Labute approximate surface area is 113 Å². The maximum absolute atomic E-state index is 12.3. The number of carboxylic acids is 1. The molecule has 19 heavy (non-hydrogen) atoms. The number of carbonyl (C=O) groups excluding carboxylic acids is 1. The summed E-state index contributed by atoms with van der Waals surface area (Å²) in [6, 6.07) is 0.934. The van der Waals surface area contributed by atoms with Gasteiger partial charge in [0.05, 0.1) is 11.8 Å². The van der Waals surface area contributed by atoms with E-state index in [2.05, 4.69) is 10.6 Å². The molecule has 3 rings (SSSR count). The second-order valence-corrected chi connectivity index (χ2v) is 6.30. The van der Waals surface area contributed by atoms with E-state index in [1.807, 2.05) is 0 Å². The smallest absolute Gasteiger partial charge is 0.306 e. The van der Waals surface area contributed by atoms with Crippen LogP contribution in [0.4, 0.5) is 0 Å². The van der Waals surface area contributed by atoms with E-state index in [0.717, 1.165) is 32.1 Å². The molecule has 2 heterocycles.